The van der Waals surface area contributed by atoms with E-state index in [0.717, 1.165) is 0 Å². The summed E-state index contributed by atoms with van der Waals surface area (Å²) in [4.78, 5) is 32.7. The van der Waals surface area contributed by atoms with E-state index < -0.39 is 36.4 Å². The van der Waals surface area contributed by atoms with Gasteiger partial charge in [0, 0.05) is 0 Å². The molecule has 0 spiro atoms. The van der Waals surface area contributed by atoms with Crippen LogP contribution in [0.25, 0.3) is 0 Å². The normalized spacial score (nSPS) is 13.3. The van der Waals surface area contributed by atoms with Crippen molar-refractivity contribution in [2.45, 2.75) is 24.9 Å². The molecule has 0 aliphatic heterocycles. The van der Waals surface area contributed by atoms with Gasteiger partial charge in [0.25, 0.3) is 0 Å². The molecule has 114 valence electrons. The van der Waals surface area contributed by atoms with Gasteiger partial charge in [0.1, 0.15) is 17.8 Å². The Morgan fingerprint density at radius 3 is 1.90 bits per heavy atom. The number of phenolic OH excluding ortho intramolecular Hbond substituents is 1. The first kappa shape index (κ1) is 16.4. The summed E-state index contributed by atoms with van der Waals surface area (Å²) in [6.07, 6.45) is -0.770. The Hall–Kier alpha value is -2.61. The van der Waals surface area contributed by atoms with Crippen LogP contribution in [0.2, 0.25) is 0 Å². The number of hydrogen-bond acceptors (Lipinski definition) is 5. The number of hydrogen-bond donors (Lipinski definition) is 5. The lowest BCUT2D eigenvalue weighted by atomic mass is 10.0. The van der Waals surface area contributed by atoms with Crippen LogP contribution in [0.3, 0.4) is 0 Å². The third kappa shape index (κ3) is 5.49. The van der Waals surface area contributed by atoms with Crippen molar-refractivity contribution >= 4 is 17.9 Å². The lowest BCUT2D eigenvalue weighted by molar-refractivity contribution is -0.147. The predicted molar refractivity (Wildman–Crippen MR) is 70.0 cm³/mol. The van der Waals surface area contributed by atoms with E-state index in [4.69, 9.17) is 20.4 Å². The second-order valence-corrected chi connectivity index (χ2v) is 4.42. The van der Waals surface area contributed by atoms with Gasteiger partial charge in [-0.1, -0.05) is 12.1 Å². The number of rotatable bonds is 8. The molecule has 0 radical (unpaired) electrons. The van der Waals surface area contributed by atoms with Crippen LogP contribution in [0.1, 0.15) is 12.0 Å². The molecule has 1 rings (SSSR count). The molecule has 0 aromatic heterocycles. The number of nitrogens with one attached hydrogen (secondary N) is 1. The number of carboxylic acids is 3. The molecule has 0 saturated heterocycles. The van der Waals surface area contributed by atoms with Crippen LogP contribution in [0.5, 0.6) is 5.75 Å². The minimum Gasteiger partial charge on any atom is -0.508 e. The van der Waals surface area contributed by atoms with Gasteiger partial charge in [0.2, 0.25) is 0 Å². The first-order chi connectivity index (χ1) is 9.79. The van der Waals surface area contributed by atoms with Gasteiger partial charge in [0.15, 0.2) is 0 Å². The molecular weight excluding hydrogens is 282 g/mol. The SMILES string of the molecule is O=C(O)CC(NC(Cc1ccc(O)cc1)C(=O)O)C(=O)O. The van der Waals surface area contributed by atoms with Crippen molar-refractivity contribution in [1.82, 2.24) is 5.32 Å². The second kappa shape index (κ2) is 7.25. The second-order valence-electron chi connectivity index (χ2n) is 4.42. The quantitative estimate of drug-likeness (QED) is 0.447. The van der Waals surface area contributed by atoms with Crippen LogP contribution in [-0.2, 0) is 20.8 Å². The van der Waals surface area contributed by atoms with E-state index in [2.05, 4.69) is 5.32 Å². The van der Waals surface area contributed by atoms with E-state index in [9.17, 15) is 14.4 Å². The summed E-state index contributed by atoms with van der Waals surface area (Å²) in [5.74, 6) is -4.05. The van der Waals surface area contributed by atoms with Crippen LogP contribution in [0.15, 0.2) is 24.3 Å². The fourth-order valence-electron chi connectivity index (χ4n) is 1.72. The highest BCUT2D eigenvalue weighted by atomic mass is 16.4. The zero-order valence-electron chi connectivity index (χ0n) is 10.9. The Labute approximate surface area is 119 Å². The van der Waals surface area contributed by atoms with Gasteiger partial charge in [0.05, 0.1) is 6.42 Å². The van der Waals surface area contributed by atoms with E-state index in [1.807, 2.05) is 0 Å². The largest absolute Gasteiger partial charge is 0.508 e. The Morgan fingerprint density at radius 2 is 1.48 bits per heavy atom. The van der Waals surface area contributed by atoms with Crippen molar-refractivity contribution in [2.24, 2.45) is 0 Å². The number of aromatic hydroxyl groups is 1. The minimum atomic E-state index is -1.50. The maximum Gasteiger partial charge on any atom is 0.321 e. The maximum atomic E-state index is 11.2. The van der Waals surface area contributed by atoms with Gasteiger partial charge in [-0.3, -0.25) is 19.7 Å². The molecule has 2 atom stereocenters. The molecule has 8 nitrogen and oxygen atoms in total. The van der Waals surface area contributed by atoms with E-state index in [1.54, 1.807) is 0 Å². The van der Waals surface area contributed by atoms with E-state index >= 15 is 0 Å². The average molecular weight is 297 g/mol. The van der Waals surface area contributed by atoms with Crippen molar-refractivity contribution in [1.29, 1.82) is 0 Å². The number of carboxylic acid groups (broad SMARTS) is 3. The molecule has 0 aliphatic rings. The van der Waals surface area contributed by atoms with Crippen LogP contribution in [0.4, 0.5) is 0 Å². The van der Waals surface area contributed by atoms with Crippen LogP contribution in [0, 0.1) is 0 Å². The molecule has 1 aromatic rings. The average Bonchev–Trinajstić information content (AvgIpc) is 2.38. The van der Waals surface area contributed by atoms with Gasteiger partial charge in [-0.25, -0.2) is 0 Å². The van der Waals surface area contributed by atoms with Gasteiger partial charge >= 0.3 is 17.9 Å². The van der Waals surface area contributed by atoms with Crippen molar-refractivity contribution in [2.75, 3.05) is 0 Å². The highest BCUT2D eigenvalue weighted by molar-refractivity contribution is 5.82. The summed E-state index contributed by atoms with van der Waals surface area (Å²) < 4.78 is 0. The molecule has 0 fully saturated rings. The summed E-state index contributed by atoms with van der Waals surface area (Å²) in [5, 5.41) is 38.1. The predicted octanol–water partition coefficient (Wildman–Crippen LogP) is -0.0946. The van der Waals surface area contributed by atoms with E-state index in [0.29, 0.717) is 5.56 Å². The third-order valence-electron chi connectivity index (χ3n) is 2.75. The van der Waals surface area contributed by atoms with Crippen LogP contribution < -0.4 is 5.32 Å². The van der Waals surface area contributed by atoms with Crippen molar-refractivity contribution in [3.8, 4) is 5.75 Å². The molecular formula is C13H15NO7. The maximum absolute atomic E-state index is 11.2. The first-order valence-corrected chi connectivity index (χ1v) is 6.01. The molecule has 0 amide bonds. The third-order valence-corrected chi connectivity index (χ3v) is 2.75. The molecule has 1 aromatic carbocycles. The number of carbonyl (C=O) groups is 3. The van der Waals surface area contributed by atoms with Crippen molar-refractivity contribution in [3.63, 3.8) is 0 Å². The van der Waals surface area contributed by atoms with E-state index in [1.165, 1.54) is 24.3 Å². The summed E-state index contributed by atoms with van der Waals surface area (Å²) in [6.45, 7) is 0. The molecule has 21 heavy (non-hydrogen) atoms. The fraction of sp³-hybridized carbons (Fsp3) is 0.308. The zero-order chi connectivity index (χ0) is 16.0. The molecule has 5 N–H and O–H groups in total. The lowest BCUT2D eigenvalue weighted by Crippen LogP contribution is -2.49. The molecule has 2 unspecified atom stereocenters. The minimum absolute atomic E-state index is 0.0212. The standard InChI is InChI=1S/C13H15NO7/c15-8-3-1-7(2-4-8)5-9(12(18)19)14-10(13(20)21)6-11(16)17/h1-4,9-10,14-15H,5-6H2,(H,16,17)(H,18,19)(H,20,21). The summed E-state index contributed by atoms with van der Waals surface area (Å²) in [7, 11) is 0. The summed E-state index contributed by atoms with van der Waals surface area (Å²) in [5.41, 5.74) is 0.562. The highest BCUT2D eigenvalue weighted by Gasteiger charge is 2.27. The zero-order valence-corrected chi connectivity index (χ0v) is 10.9. The Morgan fingerprint density at radius 1 is 0.952 bits per heavy atom. The fourth-order valence-corrected chi connectivity index (χ4v) is 1.72. The summed E-state index contributed by atoms with van der Waals surface area (Å²) in [6, 6.07) is 3.00. The Bertz CT molecular complexity index is 526. The van der Waals surface area contributed by atoms with Crippen LogP contribution in [-0.4, -0.2) is 50.4 Å². The molecule has 0 bridgehead atoms. The van der Waals surface area contributed by atoms with Crippen LogP contribution >= 0.6 is 0 Å². The Balaban J connectivity index is 2.80. The molecule has 0 aliphatic carbocycles. The number of benzene rings is 1. The first-order valence-electron chi connectivity index (χ1n) is 6.01. The number of aliphatic carboxylic acids is 3. The van der Waals surface area contributed by atoms with Crippen molar-refractivity contribution < 1.29 is 34.8 Å². The van der Waals surface area contributed by atoms with Gasteiger partial charge in [-0.05, 0) is 24.1 Å². The highest BCUT2D eigenvalue weighted by Crippen LogP contribution is 2.12. The monoisotopic (exact) mass is 297 g/mol. The molecule has 0 heterocycles. The smallest absolute Gasteiger partial charge is 0.321 e. The van der Waals surface area contributed by atoms with Crippen molar-refractivity contribution in [3.05, 3.63) is 29.8 Å². The lowest BCUT2D eigenvalue weighted by Gasteiger charge is -2.19. The summed E-state index contributed by atoms with van der Waals surface area (Å²) >= 11 is 0. The molecule has 8 heteroatoms. The van der Waals surface area contributed by atoms with Gasteiger partial charge < -0.3 is 20.4 Å². The van der Waals surface area contributed by atoms with E-state index in [-0.39, 0.29) is 12.2 Å². The van der Waals surface area contributed by atoms with Gasteiger partial charge in [-0.15, -0.1) is 0 Å². The molecule has 0 saturated carbocycles. The van der Waals surface area contributed by atoms with Gasteiger partial charge in [-0.2, -0.15) is 0 Å². The topological polar surface area (TPSA) is 144 Å². The number of phenols is 1. The Kier molecular flexibility index (Phi) is 5.67.